The Labute approximate surface area is 130 Å². The molecule has 0 saturated heterocycles. The number of nitrogens with two attached hydrogens (primary N) is 1. The molecule has 2 aromatic rings. The van der Waals surface area contributed by atoms with Crippen molar-refractivity contribution in [2.24, 2.45) is 5.73 Å². The van der Waals surface area contributed by atoms with E-state index >= 15 is 0 Å². The van der Waals surface area contributed by atoms with E-state index in [1.807, 2.05) is 0 Å². The third-order valence-corrected chi connectivity index (χ3v) is 4.08. The lowest BCUT2D eigenvalue weighted by atomic mass is 9.97. The average Bonchev–Trinajstić information content (AvgIpc) is 2.42. The van der Waals surface area contributed by atoms with E-state index in [-0.39, 0.29) is 6.04 Å². The fourth-order valence-corrected chi connectivity index (χ4v) is 2.60. The molecule has 0 heterocycles. The van der Waals surface area contributed by atoms with Gasteiger partial charge in [0.15, 0.2) is 0 Å². The molecule has 2 aromatic carbocycles. The number of rotatable bonds is 5. The molecule has 0 spiro atoms. The Bertz CT molecular complexity index is 528. The van der Waals surface area contributed by atoms with Gasteiger partial charge in [0.25, 0.3) is 0 Å². The summed E-state index contributed by atoms with van der Waals surface area (Å²) in [7, 11) is 0. The zero-order valence-electron chi connectivity index (χ0n) is 12.1. The predicted octanol–water partition coefficient (Wildman–Crippen LogP) is 4.69. The SMILES string of the molecule is CC(C)c1ccc(CC(N)Cc2ccc(Br)cc2)cc1. The Kier molecular flexibility index (Phi) is 5.38. The van der Waals surface area contributed by atoms with Gasteiger partial charge in [-0.1, -0.05) is 66.2 Å². The third-order valence-electron chi connectivity index (χ3n) is 3.56. The van der Waals surface area contributed by atoms with Gasteiger partial charge in [0.2, 0.25) is 0 Å². The van der Waals surface area contributed by atoms with Crippen LogP contribution in [0.15, 0.2) is 53.0 Å². The molecular weight excluding hydrogens is 310 g/mol. The van der Waals surface area contributed by atoms with E-state index in [1.165, 1.54) is 16.7 Å². The molecule has 0 aliphatic heterocycles. The van der Waals surface area contributed by atoms with Crippen LogP contribution in [0.4, 0.5) is 0 Å². The van der Waals surface area contributed by atoms with Crippen molar-refractivity contribution in [1.29, 1.82) is 0 Å². The van der Waals surface area contributed by atoms with Gasteiger partial charge in [0, 0.05) is 10.5 Å². The van der Waals surface area contributed by atoms with E-state index in [0.717, 1.165) is 17.3 Å². The molecule has 0 aliphatic rings. The highest BCUT2D eigenvalue weighted by Gasteiger charge is 2.06. The minimum atomic E-state index is 0.168. The Morgan fingerprint density at radius 1 is 0.850 bits per heavy atom. The largest absolute Gasteiger partial charge is 0.327 e. The second-order valence-electron chi connectivity index (χ2n) is 5.69. The summed E-state index contributed by atoms with van der Waals surface area (Å²) < 4.78 is 1.11. The Morgan fingerprint density at radius 2 is 1.30 bits per heavy atom. The van der Waals surface area contributed by atoms with Crippen molar-refractivity contribution in [2.45, 2.75) is 38.6 Å². The monoisotopic (exact) mass is 331 g/mol. The second kappa shape index (κ2) is 7.05. The fraction of sp³-hybridized carbons (Fsp3) is 0.333. The maximum atomic E-state index is 6.26. The third kappa shape index (κ3) is 4.46. The molecule has 0 aromatic heterocycles. The van der Waals surface area contributed by atoms with Crippen LogP contribution in [0.5, 0.6) is 0 Å². The Hall–Kier alpha value is -1.12. The number of benzene rings is 2. The molecule has 0 saturated carbocycles. The molecule has 2 rings (SSSR count). The molecule has 1 unspecified atom stereocenters. The second-order valence-corrected chi connectivity index (χ2v) is 6.61. The lowest BCUT2D eigenvalue weighted by Crippen LogP contribution is -2.25. The van der Waals surface area contributed by atoms with Crippen LogP contribution >= 0.6 is 15.9 Å². The summed E-state index contributed by atoms with van der Waals surface area (Å²) in [5, 5.41) is 0. The van der Waals surface area contributed by atoms with Crippen LogP contribution in [0.2, 0.25) is 0 Å². The first-order chi connectivity index (χ1) is 9.54. The normalized spacial score (nSPS) is 12.7. The standard InChI is InChI=1S/C18H22BrN/c1-13(2)16-7-3-14(4-8-16)11-18(20)12-15-5-9-17(19)10-6-15/h3-10,13,18H,11-12,20H2,1-2H3. The predicted molar refractivity (Wildman–Crippen MR) is 90.1 cm³/mol. The molecule has 0 amide bonds. The topological polar surface area (TPSA) is 26.0 Å². The summed E-state index contributed by atoms with van der Waals surface area (Å²) in [4.78, 5) is 0. The summed E-state index contributed by atoms with van der Waals surface area (Å²) in [5.74, 6) is 0.584. The minimum absolute atomic E-state index is 0.168. The van der Waals surface area contributed by atoms with Gasteiger partial charge in [-0.25, -0.2) is 0 Å². The van der Waals surface area contributed by atoms with Crippen molar-refractivity contribution in [1.82, 2.24) is 0 Å². The van der Waals surface area contributed by atoms with Crippen molar-refractivity contribution >= 4 is 15.9 Å². The molecule has 0 fully saturated rings. The van der Waals surface area contributed by atoms with Crippen molar-refractivity contribution in [3.8, 4) is 0 Å². The van der Waals surface area contributed by atoms with Gasteiger partial charge in [-0.3, -0.25) is 0 Å². The first kappa shape index (κ1) is 15.3. The van der Waals surface area contributed by atoms with Crippen molar-refractivity contribution in [3.05, 3.63) is 69.7 Å². The highest BCUT2D eigenvalue weighted by atomic mass is 79.9. The van der Waals surface area contributed by atoms with E-state index in [2.05, 4.69) is 78.3 Å². The van der Waals surface area contributed by atoms with Crippen LogP contribution in [0, 0.1) is 0 Å². The summed E-state index contributed by atoms with van der Waals surface area (Å²) >= 11 is 3.45. The van der Waals surface area contributed by atoms with Crippen LogP contribution in [0.1, 0.15) is 36.5 Å². The van der Waals surface area contributed by atoms with Crippen LogP contribution in [-0.2, 0) is 12.8 Å². The molecule has 0 bridgehead atoms. The fourth-order valence-electron chi connectivity index (χ4n) is 2.34. The quantitative estimate of drug-likeness (QED) is 0.845. The van der Waals surface area contributed by atoms with E-state index in [4.69, 9.17) is 5.73 Å². The summed E-state index contributed by atoms with van der Waals surface area (Å²) in [6, 6.07) is 17.4. The average molecular weight is 332 g/mol. The van der Waals surface area contributed by atoms with Gasteiger partial charge >= 0.3 is 0 Å². The zero-order chi connectivity index (χ0) is 14.5. The first-order valence-corrected chi connectivity index (χ1v) is 7.93. The summed E-state index contributed by atoms with van der Waals surface area (Å²) in [6.07, 6.45) is 1.84. The summed E-state index contributed by atoms with van der Waals surface area (Å²) in [6.45, 7) is 4.43. The van der Waals surface area contributed by atoms with E-state index in [1.54, 1.807) is 0 Å². The maximum absolute atomic E-state index is 6.26. The molecule has 20 heavy (non-hydrogen) atoms. The number of hydrogen-bond acceptors (Lipinski definition) is 1. The Morgan fingerprint density at radius 3 is 1.75 bits per heavy atom. The molecule has 1 atom stereocenters. The van der Waals surface area contributed by atoms with Crippen molar-refractivity contribution in [3.63, 3.8) is 0 Å². The van der Waals surface area contributed by atoms with Gasteiger partial charge in [-0.05, 0) is 47.6 Å². The number of hydrogen-bond donors (Lipinski definition) is 1. The van der Waals surface area contributed by atoms with Crippen molar-refractivity contribution < 1.29 is 0 Å². The van der Waals surface area contributed by atoms with Gasteiger partial charge in [0.1, 0.15) is 0 Å². The number of halogens is 1. The molecule has 106 valence electrons. The molecule has 0 radical (unpaired) electrons. The van der Waals surface area contributed by atoms with Crippen molar-refractivity contribution in [2.75, 3.05) is 0 Å². The lowest BCUT2D eigenvalue weighted by molar-refractivity contribution is 0.664. The Balaban J connectivity index is 1.93. The van der Waals surface area contributed by atoms with Crippen LogP contribution in [0.25, 0.3) is 0 Å². The zero-order valence-corrected chi connectivity index (χ0v) is 13.7. The molecule has 2 heteroatoms. The lowest BCUT2D eigenvalue weighted by Gasteiger charge is -2.13. The van der Waals surface area contributed by atoms with Gasteiger partial charge in [0.05, 0.1) is 0 Å². The smallest absolute Gasteiger partial charge is 0.0175 e. The summed E-state index contributed by atoms with van der Waals surface area (Å²) in [5.41, 5.74) is 10.3. The van der Waals surface area contributed by atoms with Gasteiger partial charge in [-0.2, -0.15) is 0 Å². The maximum Gasteiger partial charge on any atom is 0.0175 e. The minimum Gasteiger partial charge on any atom is -0.327 e. The highest BCUT2D eigenvalue weighted by Crippen LogP contribution is 2.16. The molecule has 2 N–H and O–H groups in total. The van der Waals surface area contributed by atoms with E-state index < -0.39 is 0 Å². The molecule has 1 nitrogen and oxygen atoms in total. The highest BCUT2D eigenvalue weighted by molar-refractivity contribution is 9.10. The molecule has 0 aliphatic carbocycles. The van der Waals surface area contributed by atoms with Crippen LogP contribution in [0.3, 0.4) is 0 Å². The van der Waals surface area contributed by atoms with Crippen LogP contribution < -0.4 is 5.73 Å². The van der Waals surface area contributed by atoms with E-state index in [0.29, 0.717) is 5.92 Å². The molecular formula is C18H22BrN. The van der Waals surface area contributed by atoms with Crippen LogP contribution in [-0.4, -0.2) is 6.04 Å². The van der Waals surface area contributed by atoms with Gasteiger partial charge in [-0.15, -0.1) is 0 Å². The van der Waals surface area contributed by atoms with Gasteiger partial charge < -0.3 is 5.73 Å². The van der Waals surface area contributed by atoms with E-state index in [9.17, 15) is 0 Å². The first-order valence-electron chi connectivity index (χ1n) is 7.13.